The highest BCUT2D eigenvalue weighted by molar-refractivity contribution is 5.67. The Bertz CT molecular complexity index is 1680. The molecule has 0 aromatic heterocycles. The number of aliphatic hydroxyl groups excluding tert-OH is 6. The molecule has 16 nitrogen and oxygen atoms in total. The van der Waals surface area contributed by atoms with Gasteiger partial charge in [0.2, 0.25) is 0 Å². The maximum Gasteiger partial charge on any atom is 0.303 e. The van der Waals surface area contributed by atoms with E-state index in [2.05, 4.69) is 34.6 Å². The smallest absolute Gasteiger partial charge is 0.303 e. The molecular formula is C45H72O16. The summed E-state index contributed by atoms with van der Waals surface area (Å²) in [5, 5.41) is 77.6. The normalized spacial score (nSPS) is 53.8. The lowest BCUT2D eigenvalue weighted by atomic mass is 9.41. The fraction of sp³-hybridized carbons (Fsp3) is 0.956. The SMILES string of the molecule is CC(=O)O[C@H]1[C@H](O[C@H]2CCC34CC35CC[C@]3(C)C([C@@]6(C)CC[C@@H](C(C)(C)O)O6)[C@@H](O)C[C@@]3(C)C5C[C@H](O[C@@H]3O[C@H](CO)[C@@H](O)[C@H](O)[C@H]3O)C4C2(C)C)OC[C@@H](OC(C)=O)[C@@H]1O. The first kappa shape index (κ1) is 46.0. The molecule has 61 heavy (non-hydrogen) atoms. The summed E-state index contributed by atoms with van der Waals surface area (Å²) in [6, 6.07) is 0. The van der Waals surface area contributed by atoms with Gasteiger partial charge in [0.05, 0.1) is 48.8 Å². The van der Waals surface area contributed by atoms with Gasteiger partial charge in [-0.05, 0) is 117 Å². The van der Waals surface area contributed by atoms with Gasteiger partial charge in [0.1, 0.15) is 30.5 Å². The van der Waals surface area contributed by atoms with E-state index in [4.69, 9.17) is 33.2 Å². The first-order valence-corrected chi connectivity index (χ1v) is 22.6. The number of carbonyl (C=O) groups is 2. The molecule has 7 N–H and O–H groups in total. The van der Waals surface area contributed by atoms with Crippen molar-refractivity contribution in [3.05, 3.63) is 0 Å². The summed E-state index contributed by atoms with van der Waals surface area (Å²) in [5.74, 6) is -1.62. The van der Waals surface area contributed by atoms with Gasteiger partial charge < -0.3 is 68.9 Å². The van der Waals surface area contributed by atoms with Crippen molar-refractivity contribution in [3.63, 3.8) is 0 Å². The highest BCUT2D eigenvalue weighted by Gasteiger charge is 2.85. The molecule has 5 unspecified atom stereocenters. The summed E-state index contributed by atoms with van der Waals surface area (Å²) in [4.78, 5) is 24.1. The van der Waals surface area contributed by atoms with Crippen LogP contribution in [0, 0.1) is 44.8 Å². The number of fused-ring (bicyclic) bond motifs is 2. The highest BCUT2D eigenvalue weighted by atomic mass is 16.7. The molecule has 348 valence electrons. The lowest BCUT2D eigenvalue weighted by molar-refractivity contribution is -0.339. The number of hydrogen-bond acceptors (Lipinski definition) is 16. The Morgan fingerprint density at radius 3 is 2.07 bits per heavy atom. The van der Waals surface area contributed by atoms with Gasteiger partial charge in [0, 0.05) is 19.8 Å². The van der Waals surface area contributed by atoms with Crippen molar-refractivity contribution in [2.75, 3.05) is 13.2 Å². The zero-order chi connectivity index (χ0) is 44.6. The van der Waals surface area contributed by atoms with E-state index in [0.717, 1.165) is 32.1 Å². The highest BCUT2D eigenvalue weighted by Crippen LogP contribution is 2.89. The lowest BCUT2D eigenvalue weighted by Gasteiger charge is -2.65. The molecule has 8 rings (SSSR count). The number of rotatable bonds is 9. The molecule has 8 fully saturated rings. The molecule has 8 aliphatic rings. The predicted molar refractivity (Wildman–Crippen MR) is 213 cm³/mol. The number of ether oxygens (including phenoxy) is 7. The fourth-order valence-electron chi connectivity index (χ4n) is 15.5. The quantitative estimate of drug-likeness (QED) is 0.129. The van der Waals surface area contributed by atoms with E-state index >= 15 is 0 Å². The minimum Gasteiger partial charge on any atom is -0.457 e. The van der Waals surface area contributed by atoms with Crippen LogP contribution in [0.5, 0.6) is 0 Å². The Hall–Kier alpha value is -1.54. The zero-order valence-corrected chi connectivity index (χ0v) is 37.3. The van der Waals surface area contributed by atoms with Crippen molar-refractivity contribution in [2.45, 2.75) is 211 Å². The number of hydrogen-bond donors (Lipinski definition) is 7. The van der Waals surface area contributed by atoms with E-state index in [9.17, 15) is 45.3 Å². The third kappa shape index (κ3) is 6.89. The largest absolute Gasteiger partial charge is 0.457 e. The molecule has 0 aromatic carbocycles. The van der Waals surface area contributed by atoms with Crippen LogP contribution in [-0.4, -0.2) is 152 Å². The Labute approximate surface area is 358 Å². The number of carbonyl (C=O) groups excluding carboxylic acids is 2. The third-order valence-electron chi connectivity index (χ3n) is 18.2. The second kappa shape index (κ2) is 15.3. The van der Waals surface area contributed by atoms with Crippen LogP contribution in [0.2, 0.25) is 0 Å². The van der Waals surface area contributed by atoms with Crippen LogP contribution in [0.15, 0.2) is 0 Å². The summed E-state index contributed by atoms with van der Waals surface area (Å²) in [6.45, 7) is 16.2. The maximum absolute atomic E-state index is 12.3. The summed E-state index contributed by atoms with van der Waals surface area (Å²) in [7, 11) is 0. The Morgan fingerprint density at radius 1 is 0.754 bits per heavy atom. The standard InChI is InChI=1S/C45H72O16/c1-21(47)56-26-19-55-38(34(31(26)51)57-22(2)48)60-28-11-13-45-20-44(45)15-14-41(7)35(43(9)12-10-29(61-43)40(5,6)54)23(49)17-42(41,8)27(44)16-24(36(45)39(28,3)4)58-37-33(53)32(52)30(50)25(18-46)59-37/h23-38,46,49-54H,10-20H2,1-9H3/t23-,24-,25+,26+,27?,28-,29-,30+,31-,32-,33+,34+,35?,36?,37+,38-,41+,42-,43+,44?,45?/m0/s1. The number of aliphatic hydroxyl groups is 7. The minimum absolute atomic E-state index is 0.0660. The van der Waals surface area contributed by atoms with Gasteiger partial charge in [-0.25, -0.2) is 0 Å². The van der Waals surface area contributed by atoms with Crippen LogP contribution in [0.4, 0.5) is 0 Å². The lowest BCUT2D eigenvalue weighted by Crippen LogP contribution is -2.65. The van der Waals surface area contributed by atoms with Crippen molar-refractivity contribution in [2.24, 2.45) is 44.8 Å². The third-order valence-corrected chi connectivity index (χ3v) is 18.2. The average Bonchev–Trinajstić information content (AvgIpc) is 3.52. The van der Waals surface area contributed by atoms with E-state index in [1.165, 1.54) is 13.8 Å². The van der Waals surface area contributed by atoms with Gasteiger partial charge in [-0.2, -0.15) is 0 Å². The molecule has 0 radical (unpaired) electrons. The van der Waals surface area contributed by atoms with Gasteiger partial charge in [-0.15, -0.1) is 0 Å². The molecule has 0 amide bonds. The first-order chi connectivity index (χ1) is 28.3. The monoisotopic (exact) mass is 868 g/mol. The van der Waals surface area contributed by atoms with Gasteiger partial charge in [0.25, 0.3) is 0 Å². The van der Waals surface area contributed by atoms with E-state index in [1.807, 2.05) is 0 Å². The molecule has 0 bridgehead atoms. The summed E-state index contributed by atoms with van der Waals surface area (Å²) >= 11 is 0. The second-order valence-electron chi connectivity index (χ2n) is 22.2. The van der Waals surface area contributed by atoms with E-state index in [1.54, 1.807) is 13.8 Å². The maximum atomic E-state index is 12.3. The van der Waals surface area contributed by atoms with Crippen molar-refractivity contribution in [3.8, 4) is 0 Å². The van der Waals surface area contributed by atoms with Gasteiger partial charge in [-0.3, -0.25) is 9.59 Å². The van der Waals surface area contributed by atoms with E-state index in [-0.39, 0.29) is 52.1 Å². The molecule has 5 aliphatic carbocycles. The van der Waals surface area contributed by atoms with Crippen LogP contribution in [0.25, 0.3) is 0 Å². The van der Waals surface area contributed by atoms with Crippen LogP contribution >= 0.6 is 0 Å². The van der Waals surface area contributed by atoms with Crippen LogP contribution in [0.1, 0.15) is 120 Å². The topological polar surface area (TPSA) is 240 Å². The zero-order valence-electron chi connectivity index (χ0n) is 37.3. The Balaban J connectivity index is 1.14. The van der Waals surface area contributed by atoms with Gasteiger partial charge >= 0.3 is 11.9 Å². The minimum atomic E-state index is -1.63. The summed E-state index contributed by atoms with van der Waals surface area (Å²) in [5.41, 5.74) is -3.44. The summed E-state index contributed by atoms with van der Waals surface area (Å²) in [6.07, 6.45) is -7.81. The molecule has 16 heteroatoms. The van der Waals surface area contributed by atoms with Crippen LogP contribution in [0.3, 0.4) is 0 Å². The number of esters is 2. The fourth-order valence-corrected chi connectivity index (χ4v) is 15.5. The molecule has 3 aliphatic heterocycles. The van der Waals surface area contributed by atoms with Crippen molar-refractivity contribution < 1.29 is 78.5 Å². The van der Waals surface area contributed by atoms with Crippen molar-refractivity contribution in [1.29, 1.82) is 0 Å². The van der Waals surface area contributed by atoms with Crippen molar-refractivity contribution >= 4 is 11.9 Å². The molecule has 2 spiro atoms. The molecule has 0 aromatic rings. The van der Waals surface area contributed by atoms with Gasteiger partial charge in [0.15, 0.2) is 24.8 Å². The summed E-state index contributed by atoms with van der Waals surface area (Å²) < 4.78 is 43.4. The Morgan fingerprint density at radius 2 is 1.44 bits per heavy atom. The Kier molecular flexibility index (Phi) is 11.5. The van der Waals surface area contributed by atoms with E-state index < -0.39 is 109 Å². The van der Waals surface area contributed by atoms with E-state index in [0.29, 0.717) is 25.7 Å². The predicted octanol–water partition coefficient (Wildman–Crippen LogP) is 1.87. The molecular weight excluding hydrogens is 796 g/mol. The van der Waals surface area contributed by atoms with Crippen molar-refractivity contribution in [1.82, 2.24) is 0 Å². The molecule has 3 saturated heterocycles. The molecule has 21 atom stereocenters. The first-order valence-electron chi connectivity index (χ1n) is 22.6. The molecule has 5 saturated carbocycles. The van der Waals surface area contributed by atoms with Crippen LogP contribution < -0.4 is 0 Å². The second-order valence-corrected chi connectivity index (χ2v) is 22.2. The molecule has 3 heterocycles. The van der Waals surface area contributed by atoms with Crippen LogP contribution in [-0.2, 0) is 42.7 Å². The average molecular weight is 869 g/mol. The van der Waals surface area contributed by atoms with Gasteiger partial charge in [-0.1, -0.05) is 27.7 Å².